The number of carbonyl (C=O) groups is 2. The summed E-state index contributed by atoms with van der Waals surface area (Å²) in [6, 6.07) is 3.96. The van der Waals surface area contributed by atoms with Gasteiger partial charge in [-0.1, -0.05) is 13.8 Å². The monoisotopic (exact) mass is 357 g/mol. The predicted molar refractivity (Wildman–Crippen MR) is 99.6 cm³/mol. The van der Waals surface area contributed by atoms with Gasteiger partial charge >= 0.3 is 0 Å². The van der Waals surface area contributed by atoms with Gasteiger partial charge in [-0.05, 0) is 24.5 Å². The van der Waals surface area contributed by atoms with E-state index in [9.17, 15) is 9.59 Å². The van der Waals surface area contributed by atoms with Gasteiger partial charge in [0.1, 0.15) is 0 Å². The molecule has 0 radical (unpaired) electrons. The quantitative estimate of drug-likeness (QED) is 0.857. The number of nitrogens with one attached hydrogen (secondary N) is 1. The molecule has 1 fully saturated rings. The molecule has 1 N–H and O–H groups in total. The van der Waals surface area contributed by atoms with Gasteiger partial charge in [0, 0.05) is 50.5 Å². The molecule has 26 heavy (non-hydrogen) atoms. The lowest BCUT2D eigenvalue weighted by atomic mass is 10.0. The van der Waals surface area contributed by atoms with Crippen LogP contribution in [0.15, 0.2) is 18.3 Å². The van der Waals surface area contributed by atoms with E-state index >= 15 is 0 Å². The topological polar surface area (TPSA) is 80.1 Å². The fraction of sp³-hybridized carbons (Fsp3) is 0.579. The lowest BCUT2D eigenvalue weighted by Crippen LogP contribution is -2.29. The molecule has 1 atom stereocenters. The van der Waals surface area contributed by atoms with Crippen LogP contribution in [-0.4, -0.2) is 51.1 Å². The van der Waals surface area contributed by atoms with E-state index < -0.39 is 0 Å². The molecule has 0 bridgehead atoms. The first kappa shape index (κ1) is 18.4. The summed E-state index contributed by atoms with van der Waals surface area (Å²) in [4.78, 5) is 29.9. The fourth-order valence-corrected chi connectivity index (χ4v) is 3.52. The van der Waals surface area contributed by atoms with Crippen LogP contribution in [0.3, 0.4) is 0 Å². The van der Waals surface area contributed by atoms with Crippen molar-refractivity contribution in [3.8, 4) is 0 Å². The summed E-state index contributed by atoms with van der Waals surface area (Å²) < 4.78 is 1.86. The lowest BCUT2D eigenvalue weighted by Gasteiger charge is -2.17. The molecule has 1 aliphatic rings. The molecule has 7 nitrogen and oxygen atoms in total. The number of likely N-dealkylation sites (tertiary alicyclic amines) is 1. The van der Waals surface area contributed by atoms with Gasteiger partial charge in [-0.25, -0.2) is 9.67 Å². The maximum absolute atomic E-state index is 12.4. The van der Waals surface area contributed by atoms with Crippen molar-refractivity contribution in [3.63, 3.8) is 0 Å². The van der Waals surface area contributed by atoms with Gasteiger partial charge in [0.05, 0.1) is 12.2 Å². The number of amides is 2. The molecule has 2 amide bonds. The van der Waals surface area contributed by atoms with Crippen LogP contribution >= 0.6 is 0 Å². The second kappa shape index (κ2) is 7.85. The molecule has 140 valence electrons. The van der Waals surface area contributed by atoms with E-state index in [-0.39, 0.29) is 17.7 Å². The van der Waals surface area contributed by atoms with Gasteiger partial charge in [0.15, 0.2) is 5.65 Å². The van der Waals surface area contributed by atoms with Crippen molar-refractivity contribution in [2.24, 2.45) is 5.92 Å². The minimum atomic E-state index is -0.0512. The highest BCUT2D eigenvalue weighted by atomic mass is 16.2. The first-order valence-electron chi connectivity index (χ1n) is 9.29. The van der Waals surface area contributed by atoms with Crippen LogP contribution in [0.2, 0.25) is 0 Å². The number of aromatic nitrogens is 3. The van der Waals surface area contributed by atoms with E-state index in [1.54, 1.807) is 6.20 Å². The van der Waals surface area contributed by atoms with Gasteiger partial charge in [-0.2, -0.15) is 5.10 Å². The number of hydrogen-bond acceptors (Lipinski definition) is 4. The third kappa shape index (κ3) is 4.03. The van der Waals surface area contributed by atoms with Gasteiger partial charge in [0.2, 0.25) is 11.8 Å². The zero-order chi connectivity index (χ0) is 18.7. The number of nitrogens with zero attached hydrogens (tertiary/aromatic N) is 4. The molecule has 3 rings (SSSR count). The van der Waals surface area contributed by atoms with Crippen molar-refractivity contribution in [1.82, 2.24) is 25.0 Å². The Labute approximate surface area is 153 Å². The third-order valence-corrected chi connectivity index (χ3v) is 4.74. The van der Waals surface area contributed by atoms with Crippen LogP contribution < -0.4 is 5.32 Å². The van der Waals surface area contributed by atoms with Gasteiger partial charge in [-0.15, -0.1) is 0 Å². The van der Waals surface area contributed by atoms with Crippen LogP contribution in [0.4, 0.5) is 0 Å². The Morgan fingerprint density at radius 1 is 1.38 bits per heavy atom. The highest BCUT2D eigenvalue weighted by Gasteiger charge is 2.30. The smallest absolute Gasteiger partial charge is 0.222 e. The Balaban J connectivity index is 1.78. The number of pyridine rings is 1. The molecule has 7 heteroatoms. The SMILES string of the molecule is CC(=O)NCCn1nc([C@@H]2CCN(C(=O)CC(C)C)C2)c2cccnc21. The van der Waals surface area contributed by atoms with Crippen molar-refractivity contribution in [1.29, 1.82) is 0 Å². The lowest BCUT2D eigenvalue weighted by molar-refractivity contribution is -0.131. The van der Waals surface area contributed by atoms with E-state index in [1.807, 2.05) is 21.7 Å². The predicted octanol–water partition coefficient (Wildman–Crippen LogP) is 1.93. The van der Waals surface area contributed by atoms with Gasteiger partial charge in [-0.3, -0.25) is 9.59 Å². The number of fused-ring (bicyclic) bond motifs is 1. The van der Waals surface area contributed by atoms with E-state index in [4.69, 9.17) is 5.10 Å². The standard InChI is InChI=1S/C19H27N5O2/c1-13(2)11-17(26)23-9-6-15(12-23)18-16-5-4-7-21-19(16)24(22-18)10-8-20-14(3)25/h4-5,7,13,15H,6,8-12H2,1-3H3,(H,20,25)/t15-/m1/s1. The average Bonchev–Trinajstić information content (AvgIpc) is 3.19. The number of hydrogen-bond donors (Lipinski definition) is 1. The second-order valence-corrected chi connectivity index (χ2v) is 7.39. The third-order valence-electron chi connectivity index (χ3n) is 4.74. The van der Waals surface area contributed by atoms with Crippen LogP contribution in [0.1, 0.15) is 45.2 Å². The van der Waals surface area contributed by atoms with Crippen LogP contribution in [0.25, 0.3) is 11.0 Å². The highest BCUT2D eigenvalue weighted by Crippen LogP contribution is 2.31. The van der Waals surface area contributed by atoms with Crippen molar-refractivity contribution < 1.29 is 9.59 Å². The van der Waals surface area contributed by atoms with Crippen molar-refractivity contribution in [2.75, 3.05) is 19.6 Å². The molecule has 0 aliphatic carbocycles. The van der Waals surface area contributed by atoms with E-state index in [1.165, 1.54) is 6.92 Å². The summed E-state index contributed by atoms with van der Waals surface area (Å²) in [5.41, 5.74) is 1.84. The molecule has 1 aliphatic heterocycles. The summed E-state index contributed by atoms with van der Waals surface area (Å²) in [7, 11) is 0. The maximum atomic E-state index is 12.4. The van der Waals surface area contributed by atoms with Crippen molar-refractivity contribution in [2.45, 2.75) is 46.1 Å². The summed E-state index contributed by atoms with van der Waals surface area (Å²) >= 11 is 0. The summed E-state index contributed by atoms with van der Waals surface area (Å²) in [6.07, 6.45) is 3.28. The first-order valence-corrected chi connectivity index (χ1v) is 9.29. The maximum Gasteiger partial charge on any atom is 0.222 e. The van der Waals surface area contributed by atoms with Crippen LogP contribution in [0.5, 0.6) is 0 Å². The molecular weight excluding hydrogens is 330 g/mol. The molecule has 0 saturated carbocycles. The molecule has 0 unspecified atom stereocenters. The molecular formula is C19H27N5O2. The number of rotatable bonds is 6. The van der Waals surface area contributed by atoms with Crippen LogP contribution in [-0.2, 0) is 16.1 Å². The molecule has 0 aromatic carbocycles. The summed E-state index contributed by atoms with van der Waals surface area (Å²) in [5.74, 6) is 0.791. The molecule has 0 spiro atoms. The minimum absolute atomic E-state index is 0.0512. The molecule has 2 aromatic rings. The normalized spacial score (nSPS) is 17.2. The average molecular weight is 357 g/mol. The second-order valence-electron chi connectivity index (χ2n) is 7.39. The van der Waals surface area contributed by atoms with Gasteiger partial charge in [0.25, 0.3) is 0 Å². The Bertz CT molecular complexity index is 798. The van der Waals surface area contributed by atoms with Crippen LogP contribution in [0, 0.1) is 5.92 Å². The zero-order valence-corrected chi connectivity index (χ0v) is 15.7. The van der Waals surface area contributed by atoms with E-state index in [0.29, 0.717) is 25.4 Å². The first-order chi connectivity index (χ1) is 12.5. The van der Waals surface area contributed by atoms with Crippen molar-refractivity contribution >= 4 is 22.8 Å². The molecule has 3 heterocycles. The molecule has 1 saturated heterocycles. The Kier molecular flexibility index (Phi) is 5.54. The van der Waals surface area contributed by atoms with Crippen molar-refractivity contribution in [3.05, 3.63) is 24.0 Å². The highest BCUT2D eigenvalue weighted by molar-refractivity contribution is 5.80. The number of carbonyl (C=O) groups excluding carboxylic acids is 2. The Morgan fingerprint density at radius 2 is 2.19 bits per heavy atom. The molecule has 2 aromatic heterocycles. The zero-order valence-electron chi connectivity index (χ0n) is 15.7. The summed E-state index contributed by atoms with van der Waals surface area (Å²) in [6.45, 7) is 8.26. The van der Waals surface area contributed by atoms with E-state index in [2.05, 4.69) is 24.1 Å². The summed E-state index contributed by atoms with van der Waals surface area (Å²) in [5, 5.41) is 8.63. The Hall–Kier alpha value is -2.44. The minimum Gasteiger partial charge on any atom is -0.354 e. The largest absolute Gasteiger partial charge is 0.354 e. The van der Waals surface area contributed by atoms with Gasteiger partial charge < -0.3 is 10.2 Å². The Morgan fingerprint density at radius 3 is 2.92 bits per heavy atom. The van der Waals surface area contributed by atoms with E-state index in [0.717, 1.165) is 36.2 Å². The fourth-order valence-electron chi connectivity index (χ4n) is 3.52.